The van der Waals surface area contributed by atoms with E-state index >= 15 is 0 Å². The number of benzene rings is 1. The van der Waals surface area contributed by atoms with Crippen LogP contribution in [0.15, 0.2) is 48.8 Å². The van der Waals surface area contributed by atoms with E-state index in [1.165, 1.54) is 44.3 Å². The van der Waals surface area contributed by atoms with Gasteiger partial charge in [0.25, 0.3) is 0 Å². The van der Waals surface area contributed by atoms with Crippen molar-refractivity contribution in [3.8, 4) is 17.0 Å². The Bertz CT molecular complexity index is 861. The van der Waals surface area contributed by atoms with Crippen LogP contribution in [0.4, 0.5) is 0 Å². The monoisotopic (exact) mass is 363 g/mol. The Hall–Kier alpha value is -2.33. The van der Waals surface area contributed by atoms with E-state index in [9.17, 15) is 0 Å². The van der Waals surface area contributed by atoms with Crippen molar-refractivity contribution in [3.05, 3.63) is 54.4 Å². The first kappa shape index (κ1) is 18.1. The van der Waals surface area contributed by atoms with E-state index in [1.807, 2.05) is 0 Å². The first-order valence-electron chi connectivity index (χ1n) is 10.2. The van der Waals surface area contributed by atoms with Crippen LogP contribution in [0.3, 0.4) is 0 Å². The molecule has 4 rings (SSSR count). The lowest BCUT2D eigenvalue weighted by atomic mass is 10.2. The minimum Gasteiger partial charge on any atom is -0.494 e. The predicted octanol–water partition coefficient (Wildman–Crippen LogP) is 4.95. The van der Waals surface area contributed by atoms with Crippen LogP contribution in [-0.4, -0.2) is 40.5 Å². The van der Waals surface area contributed by atoms with Crippen LogP contribution in [-0.2, 0) is 0 Å². The van der Waals surface area contributed by atoms with E-state index in [0.717, 1.165) is 42.2 Å². The summed E-state index contributed by atoms with van der Waals surface area (Å²) >= 11 is 0. The van der Waals surface area contributed by atoms with Crippen LogP contribution in [0.25, 0.3) is 16.9 Å². The van der Waals surface area contributed by atoms with Gasteiger partial charge in [0.05, 0.1) is 12.3 Å². The molecule has 0 radical (unpaired) electrons. The van der Waals surface area contributed by atoms with Gasteiger partial charge >= 0.3 is 0 Å². The highest BCUT2D eigenvalue weighted by Crippen LogP contribution is 2.22. The summed E-state index contributed by atoms with van der Waals surface area (Å²) in [4.78, 5) is 7.31. The molecule has 0 bridgehead atoms. The number of pyridine rings is 1. The summed E-state index contributed by atoms with van der Waals surface area (Å²) in [7, 11) is 0. The zero-order valence-electron chi connectivity index (χ0n) is 16.2. The average molecular weight is 364 g/mol. The van der Waals surface area contributed by atoms with Crippen LogP contribution in [0.1, 0.15) is 37.7 Å². The van der Waals surface area contributed by atoms with Gasteiger partial charge in [0.15, 0.2) is 0 Å². The maximum absolute atomic E-state index is 5.94. The molecule has 27 heavy (non-hydrogen) atoms. The molecule has 1 fully saturated rings. The number of ether oxygens (including phenoxy) is 1. The fourth-order valence-corrected chi connectivity index (χ4v) is 3.78. The number of likely N-dealkylation sites (tertiary alicyclic amines) is 1. The lowest BCUT2D eigenvalue weighted by Crippen LogP contribution is -2.26. The minimum atomic E-state index is 0.781. The second-order valence-electron chi connectivity index (χ2n) is 7.58. The molecule has 4 nitrogen and oxygen atoms in total. The van der Waals surface area contributed by atoms with E-state index in [0.29, 0.717) is 0 Å². The molecule has 0 spiro atoms. The molecule has 4 heteroatoms. The summed E-state index contributed by atoms with van der Waals surface area (Å²) in [5.41, 5.74) is 4.32. The van der Waals surface area contributed by atoms with Gasteiger partial charge in [0.2, 0.25) is 0 Å². The molecule has 0 aliphatic carbocycles. The van der Waals surface area contributed by atoms with Crippen molar-refractivity contribution < 1.29 is 4.74 Å². The molecular formula is C23H29N3O. The molecule has 1 aromatic carbocycles. The fraction of sp³-hybridized carbons (Fsp3) is 0.435. The van der Waals surface area contributed by atoms with E-state index in [1.54, 1.807) is 0 Å². The van der Waals surface area contributed by atoms with Gasteiger partial charge in [0, 0.05) is 24.5 Å². The van der Waals surface area contributed by atoms with Crippen molar-refractivity contribution in [2.24, 2.45) is 0 Å². The van der Waals surface area contributed by atoms with Crippen LogP contribution in [0.2, 0.25) is 0 Å². The summed E-state index contributed by atoms with van der Waals surface area (Å²) in [6, 6.07) is 12.5. The smallest absolute Gasteiger partial charge is 0.137 e. The number of nitrogens with zero attached hydrogens (tertiary/aromatic N) is 3. The van der Waals surface area contributed by atoms with Crippen molar-refractivity contribution in [3.63, 3.8) is 0 Å². The summed E-state index contributed by atoms with van der Waals surface area (Å²) in [5.74, 6) is 0.939. The highest BCUT2D eigenvalue weighted by molar-refractivity contribution is 5.63. The van der Waals surface area contributed by atoms with Gasteiger partial charge < -0.3 is 14.0 Å². The second kappa shape index (κ2) is 8.57. The molecule has 1 aliphatic rings. The van der Waals surface area contributed by atoms with Gasteiger partial charge in [-0.15, -0.1) is 0 Å². The number of hydrogen-bond acceptors (Lipinski definition) is 3. The fourth-order valence-electron chi connectivity index (χ4n) is 3.78. The standard InChI is InChI=1S/C23H29N3O/c1-19-11-15-26-18-22(24-23(26)17-19)20-7-9-21(10-8-20)27-16-6-14-25-12-4-2-3-5-13-25/h7-11,15,17-18H,2-6,12-14,16H2,1H3. The quantitative estimate of drug-likeness (QED) is 0.580. The molecule has 1 aliphatic heterocycles. The van der Waals surface area contributed by atoms with Gasteiger partial charge in [-0.1, -0.05) is 12.8 Å². The van der Waals surface area contributed by atoms with E-state index in [2.05, 4.69) is 65.0 Å². The lowest BCUT2D eigenvalue weighted by molar-refractivity contribution is 0.240. The Balaban J connectivity index is 1.30. The first-order valence-corrected chi connectivity index (χ1v) is 10.2. The summed E-state index contributed by atoms with van der Waals surface area (Å²) in [5, 5.41) is 0. The van der Waals surface area contributed by atoms with Crippen molar-refractivity contribution in [2.75, 3.05) is 26.2 Å². The third kappa shape index (κ3) is 4.69. The third-order valence-corrected chi connectivity index (χ3v) is 5.35. The molecule has 2 aromatic heterocycles. The maximum Gasteiger partial charge on any atom is 0.137 e. The first-order chi connectivity index (χ1) is 13.3. The van der Waals surface area contributed by atoms with E-state index in [4.69, 9.17) is 9.72 Å². The topological polar surface area (TPSA) is 29.8 Å². The summed E-state index contributed by atoms with van der Waals surface area (Å²) in [6.07, 6.45) is 10.7. The zero-order chi connectivity index (χ0) is 18.5. The number of fused-ring (bicyclic) bond motifs is 1. The van der Waals surface area contributed by atoms with Crippen molar-refractivity contribution in [2.45, 2.75) is 39.0 Å². The number of hydrogen-bond donors (Lipinski definition) is 0. The van der Waals surface area contributed by atoms with Crippen molar-refractivity contribution in [1.29, 1.82) is 0 Å². The molecule has 1 saturated heterocycles. The normalized spacial score (nSPS) is 15.7. The molecule has 0 atom stereocenters. The molecule has 0 unspecified atom stereocenters. The van der Waals surface area contributed by atoms with Crippen LogP contribution in [0, 0.1) is 6.92 Å². The van der Waals surface area contributed by atoms with Crippen LogP contribution < -0.4 is 4.74 Å². The zero-order valence-corrected chi connectivity index (χ0v) is 16.2. The van der Waals surface area contributed by atoms with Crippen molar-refractivity contribution in [1.82, 2.24) is 14.3 Å². The molecule has 142 valence electrons. The van der Waals surface area contributed by atoms with Gasteiger partial charge in [0.1, 0.15) is 11.4 Å². The Morgan fingerprint density at radius 2 is 1.78 bits per heavy atom. The van der Waals surface area contributed by atoms with E-state index < -0.39 is 0 Å². The van der Waals surface area contributed by atoms with Gasteiger partial charge in [-0.3, -0.25) is 0 Å². The summed E-state index contributed by atoms with van der Waals surface area (Å²) < 4.78 is 8.01. The molecule has 3 aromatic rings. The van der Waals surface area contributed by atoms with Gasteiger partial charge in [-0.25, -0.2) is 4.98 Å². The molecule has 3 heterocycles. The Kier molecular flexibility index (Phi) is 5.73. The van der Waals surface area contributed by atoms with Crippen molar-refractivity contribution >= 4 is 5.65 Å². The predicted molar refractivity (Wildman–Crippen MR) is 110 cm³/mol. The number of aryl methyl sites for hydroxylation is 1. The number of imidazole rings is 1. The summed E-state index contributed by atoms with van der Waals surface area (Å²) in [6.45, 7) is 6.54. The second-order valence-corrected chi connectivity index (χ2v) is 7.58. The SMILES string of the molecule is Cc1ccn2cc(-c3ccc(OCCCN4CCCCCC4)cc3)nc2c1. The molecule has 0 saturated carbocycles. The van der Waals surface area contributed by atoms with Crippen LogP contribution in [0.5, 0.6) is 5.75 Å². The lowest BCUT2D eigenvalue weighted by Gasteiger charge is -2.19. The average Bonchev–Trinajstić information content (AvgIpc) is 2.92. The number of aromatic nitrogens is 2. The number of rotatable bonds is 6. The molecule has 0 N–H and O–H groups in total. The highest BCUT2D eigenvalue weighted by Gasteiger charge is 2.08. The maximum atomic E-state index is 5.94. The molecular weight excluding hydrogens is 334 g/mol. The van der Waals surface area contributed by atoms with E-state index in [-0.39, 0.29) is 0 Å². The van der Waals surface area contributed by atoms with Gasteiger partial charge in [-0.05, 0) is 81.2 Å². The Labute approximate surface area is 161 Å². The minimum absolute atomic E-state index is 0.781. The molecule has 0 amide bonds. The Morgan fingerprint density at radius 3 is 2.56 bits per heavy atom. The van der Waals surface area contributed by atoms with Gasteiger partial charge in [-0.2, -0.15) is 0 Å². The Morgan fingerprint density at radius 1 is 1.00 bits per heavy atom. The largest absolute Gasteiger partial charge is 0.494 e. The van der Waals surface area contributed by atoms with Crippen LogP contribution >= 0.6 is 0 Å². The third-order valence-electron chi connectivity index (χ3n) is 5.35. The highest BCUT2D eigenvalue weighted by atomic mass is 16.5.